The average Bonchev–Trinajstić information content (AvgIpc) is 3.01. The van der Waals surface area contributed by atoms with Crippen LogP contribution in [0.1, 0.15) is 30.0 Å². The number of para-hydroxylation sites is 1. The molecule has 44 heavy (non-hydrogen) atoms. The molecular formula is C34H35BrClN3O4S. The third-order valence-electron chi connectivity index (χ3n) is 7.13. The van der Waals surface area contributed by atoms with Crippen molar-refractivity contribution in [1.29, 1.82) is 0 Å². The van der Waals surface area contributed by atoms with Crippen LogP contribution in [0.4, 0.5) is 5.69 Å². The molecule has 0 unspecified atom stereocenters. The van der Waals surface area contributed by atoms with Gasteiger partial charge in [0.1, 0.15) is 12.6 Å². The number of rotatable bonds is 13. The van der Waals surface area contributed by atoms with Gasteiger partial charge in [-0.1, -0.05) is 95.1 Å². The van der Waals surface area contributed by atoms with Crippen molar-refractivity contribution in [3.8, 4) is 0 Å². The molecular weight excluding hydrogens is 662 g/mol. The molecule has 2 amide bonds. The summed E-state index contributed by atoms with van der Waals surface area (Å²) in [5.41, 5.74) is 2.71. The van der Waals surface area contributed by atoms with E-state index in [1.807, 2.05) is 61.5 Å². The monoisotopic (exact) mass is 695 g/mol. The van der Waals surface area contributed by atoms with Crippen LogP contribution in [0.25, 0.3) is 0 Å². The van der Waals surface area contributed by atoms with Crippen LogP contribution in [0.5, 0.6) is 0 Å². The van der Waals surface area contributed by atoms with Gasteiger partial charge in [0.2, 0.25) is 11.8 Å². The highest BCUT2D eigenvalue weighted by Crippen LogP contribution is 2.28. The molecule has 10 heteroatoms. The zero-order valence-electron chi connectivity index (χ0n) is 24.6. The Hall–Kier alpha value is -3.66. The second kappa shape index (κ2) is 15.4. The number of anilines is 1. The minimum absolute atomic E-state index is 0.00184. The molecule has 1 atom stereocenters. The molecule has 0 bridgehead atoms. The zero-order chi connectivity index (χ0) is 31.7. The van der Waals surface area contributed by atoms with Crippen molar-refractivity contribution in [2.24, 2.45) is 0 Å². The number of nitrogens with one attached hydrogen (secondary N) is 1. The Balaban J connectivity index is 1.80. The molecule has 0 spiro atoms. The fraction of sp³-hybridized carbons (Fsp3) is 0.235. The van der Waals surface area contributed by atoms with Crippen molar-refractivity contribution in [3.05, 3.63) is 129 Å². The van der Waals surface area contributed by atoms with E-state index >= 15 is 0 Å². The van der Waals surface area contributed by atoms with Gasteiger partial charge in [0.25, 0.3) is 10.0 Å². The molecule has 0 aliphatic rings. The Labute approximate surface area is 273 Å². The van der Waals surface area contributed by atoms with Crippen molar-refractivity contribution in [3.63, 3.8) is 0 Å². The average molecular weight is 697 g/mol. The third kappa shape index (κ3) is 8.49. The molecule has 4 aromatic carbocycles. The number of carbonyl (C=O) groups excluding carboxylic acids is 2. The number of sulfonamides is 1. The van der Waals surface area contributed by atoms with Gasteiger partial charge in [-0.05, 0) is 72.5 Å². The van der Waals surface area contributed by atoms with E-state index in [9.17, 15) is 18.0 Å². The Morgan fingerprint density at radius 3 is 2.20 bits per heavy atom. The fourth-order valence-electron chi connectivity index (χ4n) is 4.84. The molecule has 4 rings (SSSR count). The number of nitrogens with zero attached hydrogens (tertiary/aromatic N) is 2. The lowest BCUT2D eigenvalue weighted by molar-refractivity contribution is -0.140. The molecule has 4 aromatic rings. The molecule has 0 aromatic heterocycles. The lowest BCUT2D eigenvalue weighted by Gasteiger charge is -2.34. The third-order valence-corrected chi connectivity index (χ3v) is 9.65. The normalized spacial score (nSPS) is 11.9. The first-order valence-corrected chi connectivity index (χ1v) is 16.9. The lowest BCUT2D eigenvalue weighted by Crippen LogP contribution is -2.53. The van der Waals surface area contributed by atoms with E-state index in [1.54, 1.807) is 31.2 Å². The minimum atomic E-state index is -4.20. The van der Waals surface area contributed by atoms with Crippen molar-refractivity contribution < 1.29 is 18.0 Å². The smallest absolute Gasteiger partial charge is 0.264 e. The van der Waals surface area contributed by atoms with Gasteiger partial charge in [0.05, 0.1) is 10.6 Å². The molecule has 0 heterocycles. The van der Waals surface area contributed by atoms with Gasteiger partial charge < -0.3 is 10.2 Å². The van der Waals surface area contributed by atoms with Gasteiger partial charge in [0, 0.05) is 29.0 Å². The highest BCUT2D eigenvalue weighted by Gasteiger charge is 2.35. The van der Waals surface area contributed by atoms with Crippen molar-refractivity contribution in [2.75, 3.05) is 17.4 Å². The SMILES string of the molecule is CCCNC(=O)[C@@H](Cc1ccccc1)N(Cc1cccc(Br)c1)C(=O)CN(c1ccccc1C)S(=O)(=O)c1ccc(Cl)cc1. The van der Waals surface area contributed by atoms with Crippen LogP contribution in [0.2, 0.25) is 5.02 Å². The maximum Gasteiger partial charge on any atom is 0.264 e. The van der Waals surface area contributed by atoms with Gasteiger partial charge in [-0.25, -0.2) is 8.42 Å². The highest BCUT2D eigenvalue weighted by atomic mass is 79.9. The van der Waals surface area contributed by atoms with E-state index < -0.39 is 28.5 Å². The molecule has 0 fully saturated rings. The van der Waals surface area contributed by atoms with Gasteiger partial charge >= 0.3 is 0 Å². The standard InChI is InChI=1S/C34H35BrClN3O4S/c1-3-20-37-34(41)32(22-26-11-5-4-6-12-26)38(23-27-13-9-14-28(35)21-27)33(40)24-39(31-15-8-7-10-25(31)2)44(42,43)30-18-16-29(36)17-19-30/h4-19,21,32H,3,20,22-24H2,1-2H3,(H,37,41)/t32-/m1/s1. The number of carbonyl (C=O) groups is 2. The van der Waals surface area contributed by atoms with Crippen LogP contribution in [-0.4, -0.2) is 44.3 Å². The van der Waals surface area contributed by atoms with Crippen LogP contribution in [0.3, 0.4) is 0 Å². The van der Waals surface area contributed by atoms with Gasteiger partial charge in [0.15, 0.2) is 0 Å². The number of hydrogen-bond acceptors (Lipinski definition) is 4. The first kappa shape index (κ1) is 33.2. The predicted octanol–water partition coefficient (Wildman–Crippen LogP) is 6.77. The van der Waals surface area contributed by atoms with E-state index in [0.717, 1.165) is 26.3 Å². The maximum absolute atomic E-state index is 14.5. The van der Waals surface area contributed by atoms with Gasteiger partial charge in [-0.2, -0.15) is 0 Å². The molecule has 0 aliphatic heterocycles. The van der Waals surface area contributed by atoms with Crippen LogP contribution in [0, 0.1) is 6.92 Å². The number of aryl methyl sites for hydroxylation is 1. The summed E-state index contributed by atoms with van der Waals surface area (Å²) in [4.78, 5) is 29.7. The summed E-state index contributed by atoms with van der Waals surface area (Å²) >= 11 is 9.55. The first-order chi connectivity index (χ1) is 21.1. The minimum Gasteiger partial charge on any atom is -0.354 e. The van der Waals surface area contributed by atoms with E-state index in [1.165, 1.54) is 29.2 Å². The van der Waals surface area contributed by atoms with E-state index in [2.05, 4.69) is 21.2 Å². The Morgan fingerprint density at radius 1 is 0.886 bits per heavy atom. The predicted molar refractivity (Wildman–Crippen MR) is 179 cm³/mol. The van der Waals surface area contributed by atoms with E-state index in [-0.39, 0.29) is 23.8 Å². The van der Waals surface area contributed by atoms with Gasteiger partial charge in [-0.3, -0.25) is 13.9 Å². The zero-order valence-corrected chi connectivity index (χ0v) is 27.8. The summed E-state index contributed by atoms with van der Waals surface area (Å²) in [5, 5.41) is 3.35. The highest BCUT2D eigenvalue weighted by molar-refractivity contribution is 9.10. The second-order valence-corrected chi connectivity index (χ2v) is 13.6. The summed E-state index contributed by atoms with van der Waals surface area (Å²) in [7, 11) is -4.20. The second-order valence-electron chi connectivity index (χ2n) is 10.4. The van der Waals surface area contributed by atoms with E-state index in [0.29, 0.717) is 22.8 Å². The largest absolute Gasteiger partial charge is 0.354 e. The number of amides is 2. The molecule has 0 saturated carbocycles. The lowest BCUT2D eigenvalue weighted by atomic mass is 10.0. The van der Waals surface area contributed by atoms with Crippen molar-refractivity contribution >= 4 is 55.1 Å². The number of halogens is 2. The van der Waals surface area contributed by atoms with Crippen LogP contribution < -0.4 is 9.62 Å². The topological polar surface area (TPSA) is 86.8 Å². The molecule has 7 nitrogen and oxygen atoms in total. The Kier molecular flexibility index (Phi) is 11.6. The summed E-state index contributed by atoms with van der Waals surface area (Å²) in [6.45, 7) is 3.77. The van der Waals surface area contributed by atoms with Crippen LogP contribution >= 0.6 is 27.5 Å². The fourth-order valence-corrected chi connectivity index (χ4v) is 6.89. The van der Waals surface area contributed by atoms with Crippen LogP contribution in [-0.2, 0) is 32.6 Å². The molecule has 0 saturated heterocycles. The van der Waals surface area contributed by atoms with Crippen molar-refractivity contribution in [2.45, 2.75) is 44.2 Å². The van der Waals surface area contributed by atoms with Crippen LogP contribution in [0.15, 0.2) is 112 Å². The quantitative estimate of drug-likeness (QED) is 0.167. The summed E-state index contributed by atoms with van der Waals surface area (Å²) in [6.07, 6.45) is 0.980. The Morgan fingerprint density at radius 2 is 1.55 bits per heavy atom. The summed E-state index contributed by atoms with van der Waals surface area (Å²) in [6, 6.07) is 28.9. The first-order valence-electron chi connectivity index (χ1n) is 14.3. The summed E-state index contributed by atoms with van der Waals surface area (Å²) < 4.78 is 30.2. The number of benzene rings is 4. The van der Waals surface area contributed by atoms with Crippen molar-refractivity contribution in [1.82, 2.24) is 10.2 Å². The molecule has 0 aliphatic carbocycles. The van der Waals surface area contributed by atoms with Gasteiger partial charge in [-0.15, -0.1) is 0 Å². The molecule has 1 N–H and O–H groups in total. The maximum atomic E-state index is 14.5. The summed E-state index contributed by atoms with van der Waals surface area (Å²) in [5.74, 6) is -0.819. The number of hydrogen-bond donors (Lipinski definition) is 1. The Bertz CT molecular complexity index is 1680. The molecule has 230 valence electrons. The molecule has 0 radical (unpaired) electrons. The van der Waals surface area contributed by atoms with E-state index in [4.69, 9.17) is 11.6 Å².